The van der Waals surface area contributed by atoms with E-state index in [-0.39, 0.29) is 25.3 Å². The van der Waals surface area contributed by atoms with Gasteiger partial charge in [0.25, 0.3) is 0 Å². The van der Waals surface area contributed by atoms with Crippen molar-refractivity contribution < 1.29 is 31.4 Å². The molecule has 0 saturated carbocycles. The minimum absolute atomic E-state index is 0.149. The van der Waals surface area contributed by atoms with Gasteiger partial charge in [0, 0.05) is 25.8 Å². The zero-order chi connectivity index (χ0) is 16.6. The SMILES string of the molecule is OC1(C(F)(F)F)CCN(Cc2ncccc2C(F)(F)F)CC1. The highest BCUT2D eigenvalue weighted by molar-refractivity contribution is 5.23. The molecule has 0 aliphatic carbocycles. The van der Waals surface area contributed by atoms with Crippen molar-refractivity contribution in [3.63, 3.8) is 0 Å². The molecule has 0 atom stereocenters. The number of pyridine rings is 1. The van der Waals surface area contributed by atoms with Crippen molar-refractivity contribution in [3.05, 3.63) is 29.6 Å². The topological polar surface area (TPSA) is 36.4 Å². The van der Waals surface area contributed by atoms with Crippen LogP contribution in [-0.2, 0) is 12.7 Å². The number of piperidine rings is 1. The Morgan fingerprint density at radius 3 is 2.23 bits per heavy atom. The van der Waals surface area contributed by atoms with Gasteiger partial charge in [-0.05, 0) is 25.0 Å². The maximum absolute atomic E-state index is 12.8. The minimum Gasteiger partial charge on any atom is -0.380 e. The fourth-order valence-electron chi connectivity index (χ4n) is 2.40. The predicted octanol–water partition coefficient (Wildman–Crippen LogP) is 2.99. The van der Waals surface area contributed by atoms with Crippen LogP contribution < -0.4 is 0 Å². The van der Waals surface area contributed by atoms with E-state index in [0.717, 1.165) is 12.1 Å². The van der Waals surface area contributed by atoms with Gasteiger partial charge in [-0.3, -0.25) is 9.88 Å². The van der Waals surface area contributed by atoms with E-state index in [1.807, 2.05) is 0 Å². The Labute approximate surface area is 122 Å². The minimum atomic E-state index is -4.73. The van der Waals surface area contributed by atoms with E-state index >= 15 is 0 Å². The molecule has 0 aromatic carbocycles. The van der Waals surface area contributed by atoms with Gasteiger partial charge in [0.1, 0.15) is 0 Å². The standard InChI is InChI=1S/C13H14F6N2O/c14-12(15,16)9-2-1-5-20-10(9)8-21-6-3-11(22,4-7-21)13(17,18)19/h1-2,5,22H,3-4,6-8H2. The first-order valence-electron chi connectivity index (χ1n) is 6.55. The van der Waals surface area contributed by atoms with Crippen LogP contribution in [0.3, 0.4) is 0 Å². The molecule has 1 fully saturated rings. The van der Waals surface area contributed by atoms with Crippen molar-refractivity contribution in [2.45, 2.75) is 37.3 Å². The Bertz CT molecular complexity index is 520. The molecule has 1 N–H and O–H groups in total. The van der Waals surface area contributed by atoms with Crippen molar-refractivity contribution >= 4 is 0 Å². The molecule has 1 aromatic rings. The fraction of sp³-hybridized carbons (Fsp3) is 0.615. The Kier molecular flexibility index (Phi) is 4.40. The van der Waals surface area contributed by atoms with E-state index < -0.39 is 36.4 Å². The molecule has 0 bridgehead atoms. The normalized spacial score (nSPS) is 20.1. The number of alkyl halides is 6. The number of halogens is 6. The van der Waals surface area contributed by atoms with Gasteiger partial charge in [0.05, 0.1) is 11.3 Å². The Morgan fingerprint density at radius 1 is 1.14 bits per heavy atom. The number of aliphatic hydroxyl groups is 1. The number of rotatable bonds is 2. The fourth-order valence-corrected chi connectivity index (χ4v) is 2.40. The van der Waals surface area contributed by atoms with E-state index in [1.54, 1.807) is 0 Å². The van der Waals surface area contributed by atoms with Gasteiger partial charge < -0.3 is 5.11 Å². The van der Waals surface area contributed by atoms with Crippen LogP contribution in [0.25, 0.3) is 0 Å². The molecule has 0 unspecified atom stereocenters. The average molecular weight is 328 g/mol. The lowest BCUT2D eigenvalue weighted by Crippen LogP contribution is -2.53. The van der Waals surface area contributed by atoms with E-state index in [1.165, 1.54) is 11.1 Å². The summed E-state index contributed by atoms with van der Waals surface area (Å²) in [5.74, 6) is 0. The summed E-state index contributed by atoms with van der Waals surface area (Å²) < 4.78 is 76.5. The second-order valence-corrected chi connectivity index (χ2v) is 5.30. The third kappa shape index (κ3) is 3.52. The molecule has 2 rings (SSSR count). The van der Waals surface area contributed by atoms with Gasteiger partial charge in [-0.25, -0.2) is 0 Å². The molecule has 0 spiro atoms. The summed E-state index contributed by atoms with van der Waals surface area (Å²) in [5.41, 5.74) is -3.89. The van der Waals surface area contributed by atoms with Gasteiger partial charge in [-0.15, -0.1) is 0 Å². The largest absolute Gasteiger partial charge is 0.418 e. The molecule has 124 valence electrons. The van der Waals surface area contributed by atoms with Crippen LogP contribution in [0.2, 0.25) is 0 Å². The number of nitrogens with zero attached hydrogens (tertiary/aromatic N) is 2. The van der Waals surface area contributed by atoms with Crippen LogP contribution in [0.15, 0.2) is 18.3 Å². The highest BCUT2D eigenvalue weighted by atomic mass is 19.4. The highest BCUT2D eigenvalue weighted by Crippen LogP contribution is 2.39. The summed E-state index contributed by atoms with van der Waals surface area (Å²) >= 11 is 0. The molecule has 1 aliphatic heterocycles. The van der Waals surface area contributed by atoms with Crippen molar-refractivity contribution in [1.82, 2.24) is 9.88 Å². The maximum Gasteiger partial charge on any atom is 0.418 e. The lowest BCUT2D eigenvalue weighted by Gasteiger charge is -2.39. The summed E-state index contributed by atoms with van der Waals surface area (Å²) in [6.07, 6.45) is -9.22. The van der Waals surface area contributed by atoms with Crippen LogP contribution in [0, 0.1) is 0 Å². The van der Waals surface area contributed by atoms with E-state index in [0.29, 0.717) is 0 Å². The number of hydrogen-bond donors (Lipinski definition) is 1. The molecule has 1 aromatic heterocycles. The number of aromatic nitrogens is 1. The zero-order valence-electron chi connectivity index (χ0n) is 11.4. The Balaban J connectivity index is 2.06. The van der Waals surface area contributed by atoms with E-state index in [4.69, 9.17) is 0 Å². The quantitative estimate of drug-likeness (QED) is 0.848. The third-order valence-electron chi connectivity index (χ3n) is 3.78. The molecular weight excluding hydrogens is 314 g/mol. The Morgan fingerprint density at radius 2 is 1.73 bits per heavy atom. The third-order valence-corrected chi connectivity index (χ3v) is 3.78. The second kappa shape index (κ2) is 5.69. The zero-order valence-corrected chi connectivity index (χ0v) is 11.4. The van der Waals surface area contributed by atoms with Crippen LogP contribution in [0.5, 0.6) is 0 Å². The van der Waals surface area contributed by atoms with Crippen molar-refractivity contribution in [2.24, 2.45) is 0 Å². The van der Waals surface area contributed by atoms with Crippen LogP contribution in [-0.4, -0.2) is 39.9 Å². The molecule has 1 saturated heterocycles. The molecule has 1 aliphatic rings. The number of likely N-dealkylation sites (tertiary alicyclic amines) is 1. The lowest BCUT2D eigenvalue weighted by molar-refractivity contribution is -0.272. The number of hydrogen-bond acceptors (Lipinski definition) is 3. The van der Waals surface area contributed by atoms with Crippen LogP contribution in [0.1, 0.15) is 24.1 Å². The molecule has 22 heavy (non-hydrogen) atoms. The van der Waals surface area contributed by atoms with Crippen molar-refractivity contribution in [3.8, 4) is 0 Å². The van der Waals surface area contributed by atoms with Crippen molar-refractivity contribution in [2.75, 3.05) is 13.1 Å². The Hall–Kier alpha value is -1.35. The first-order chi connectivity index (χ1) is 10.0. The summed E-state index contributed by atoms with van der Waals surface area (Å²) in [5, 5.41) is 9.53. The molecule has 0 radical (unpaired) electrons. The lowest BCUT2D eigenvalue weighted by atomic mass is 9.90. The molecule has 2 heterocycles. The van der Waals surface area contributed by atoms with E-state index in [2.05, 4.69) is 4.98 Å². The van der Waals surface area contributed by atoms with Gasteiger partial charge in [-0.2, -0.15) is 26.3 Å². The molecule has 9 heteroatoms. The summed E-state index contributed by atoms with van der Waals surface area (Å²) in [6, 6.07) is 2.04. The van der Waals surface area contributed by atoms with Gasteiger partial charge in [0.15, 0.2) is 5.60 Å². The van der Waals surface area contributed by atoms with Crippen LogP contribution >= 0.6 is 0 Å². The highest BCUT2D eigenvalue weighted by Gasteiger charge is 2.54. The average Bonchev–Trinajstić information content (AvgIpc) is 2.40. The molecule has 0 amide bonds. The van der Waals surface area contributed by atoms with Crippen molar-refractivity contribution in [1.29, 1.82) is 0 Å². The summed E-state index contributed by atoms with van der Waals surface area (Å²) in [7, 11) is 0. The van der Waals surface area contributed by atoms with Gasteiger partial charge in [0.2, 0.25) is 0 Å². The molecule has 3 nitrogen and oxygen atoms in total. The summed E-state index contributed by atoms with van der Waals surface area (Å²) in [6.45, 7) is -0.503. The first-order valence-corrected chi connectivity index (χ1v) is 6.55. The van der Waals surface area contributed by atoms with Gasteiger partial charge >= 0.3 is 12.4 Å². The first kappa shape index (κ1) is 17.0. The predicted molar refractivity (Wildman–Crippen MR) is 64.8 cm³/mol. The maximum atomic E-state index is 12.8. The summed E-state index contributed by atoms with van der Waals surface area (Å²) in [4.78, 5) is 5.11. The van der Waals surface area contributed by atoms with E-state index in [9.17, 15) is 31.4 Å². The smallest absolute Gasteiger partial charge is 0.380 e. The van der Waals surface area contributed by atoms with Crippen LogP contribution in [0.4, 0.5) is 26.3 Å². The van der Waals surface area contributed by atoms with Gasteiger partial charge in [-0.1, -0.05) is 0 Å². The monoisotopic (exact) mass is 328 g/mol. The second-order valence-electron chi connectivity index (χ2n) is 5.30. The molecular formula is C13H14F6N2O.